The lowest BCUT2D eigenvalue weighted by Gasteiger charge is -2.42. The van der Waals surface area contributed by atoms with Gasteiger partial charge in [0.25, 0.3) is 0 Å². The highest BCUT2D eigenvalue weighted by molar-refractivity contribution is 8.27. The van der Waals surface area contributed by atoms with Gasteiger partial charge < -0.3 is 18.9 Å². The summed E-state index contributed by atoms with van der Waals surface area (Å²) in [7, 11) is 0. The van der Waals surface area contributed by atoms with Gasteiger partial charge in [-0.15, -0.1) is 0 Å². The Balaban J connectivity index is 1.43. The molecule has 0 saturated carbocycles. The van der Waals surface area contributed by atoms with Crippen LogP contribution in [0.1, 0.15) is 0 Å². The molecule has 0 radical (unpaired) electrons. The van der Waals surface area contributed by atoms with Gasteiger partial charge in [-0.3, -0.25) is 0 Å². The van der Waals surface area contributed by atoms with E-state index in [1.807, 2.05) is 78.9 Å². The van der Waals surface area contributed by atoms with E-state index in [2.05, 4.69) is 18.2 Å². The number of benzene rings is 5. The van der Waals surface area contributed by atoms with Crippen molar-refractivity contribution < 1.29 is 18.9 Å². The highest BCUT2D eigenvalue weighted by Gasteiger charge is 2.49. The molecule has 0 amide bonds. The summed E-state index contributed by atoms with van der Waals surface area (Å²) in [5.41, 5.74) is 0. The van der Waals surface area contributed by atoms with Crippen LogP contribution in [0.3, 0.4) is 0 Å². The molecule has 0 N–H and O–H groups in total. The van der Waals surface area contributed by atoms with Crippen LogP contribution in [0.2, 0.25) is 0 Å². The van der Waals surface area contributed by atoms with Crippen LogP contribution in [-0.4, -0.2) is 0 Å². The fourth-order valence-electron chi connectivity index (χ4n) is 6.02. The third-order valence-corrected chi connectivity index (χ3v) is 17.3. The van der Waals surface area contributed by atoms with Crippen molar-refractivity contribution in [3.8, 4) is 46.0 Å². The number of hydrogen-bond donors (Lipinski definition) is 0. The zero-order chi connectivity index (χ0) is 25.2. The van der Waals surface area contributed by atoms with Crippen LogP contribution in [0.4, 0.5) is 0 Å². The molecule has 2 unspecified atom stereocenters. The zero-order valence-electron chi connectivity index (χ0n) is 19.6. The highest BCUT2D eigenvalue weighted by atomic mass is 32.4. The van der Waals surface area contributed by atoms with Gasteiger partial charge in [-0.2, -0.15) is 0 Å². The molecular weight excluding hydrogens is 550 g/mol. The van der Waals surface area contributed by atoms with Crippen molar-refractivity contribution >= 4 is 67.5 Å². The minimum Gasteiger partial charge on any atom is -0.456 e. The first kappa shape index (κ1) is 21.5. The van der Waals surface area contributed by atoms with Gasteiger partial charge >= 0.3 is 0 Å². The van der Waals surface area contributed by atoms with E-state index in [4.69, 9.17) is 42.6 Å². The summed E-state index contributed by atoms with van der Waals surface area (Å²) in [6, 6.07) is 26.9. The van der Waals surface area contributed by atoms with Crippen LogP contribution in [0, 0.1) is 0 Å². The summed E-state index contributed by atoms with van der Waals surface area (Å²) in [6.07, 6.45) is 0. The quantitative estimate of drug-likeness (QED) is 0.222. The molecule has 38 heavy (non-hydrogen) atoms. The van der Waals surface area contributed by atoms with E-state index in [1.54, 1.807) is 0 Å². The summed E-state index contributed by atoms with van der Waals surface area (Å²) in [5.74, 6) is 6.00. The summed E-state index contributed by atoms with van der Waals surface area (Å²) in [4.78, 5) is 0. The van der Waals surface area contributed by atoms with E-state index in [0.29, 0.717) is 0 Å². The first-order chi connectivity index (χ1) is 18.6. The van der Waals surface area contributed by atoms with Gasteiger partial charge in [0.2, 0.25) is 0 Å². The molecule has 0 aliphatic carbocycles. The first-order valence-corrected chi connectivity index (χ1v) is 17.7. The molecule has 5 aromatic rings. The van der Waals surface area contributed by atoms with Gasteiger partial charge in [0.05, 0.1) is 28.0 Å². The molecule has 5 aromatic carbocycles. The molecule has 0 bridgehead atoms. The summed E-state index contributed by atoms with van der Waals surface area (Å²) in [6.45, 7) is 0. The smallest absolute Gasteiger partial charge is 0.149 e. The Morgan fingerprint density at radius 3 is 1.45 bits per heavy atom. The predicted molar refractivity (Wildman–Crippen MR) is 159 cm³/mol. The van der Waals surface area contributed by atoms with Crippen LogP contribution >= 0.6 is 12.1 Å². The number of ether oxygens (including phenoxy) is 4. The van der Waals surface area contributed by atoms with Crippen molar-refractivity contribution in [3.05, 3.63) is 97.1 Å². The van der Waals surface area contributed by atoms with Gasteiger partial charge in [0, 0.05) is 15.9 Å². The third-order valence-electron chi connectivity index (χ3n) is 7.56. The summed E-state index contributed by atoms with van der Waals surface area (Å²) >= 11 is 13.5. The SMILES string of the molecule is S=P12c3ccccc3Oc3cccc(c31)Oc1c2ccc2c1P1(=S)c3ccccc3Oc3cccc(c31)O2. The molecule has 182 valence electrons. The normalized spacial score (nSPS) is 21.9. The second kappa shape index (κ2) is 7.16. The molecule has 4 aliphatic rings. The van der Waals surface area contributed by atoms with Crippen molar-refractivity contribution in [1.29, 1.82) is 0 Å². The van der Waals surface area contributed by atoms with Gasteiger partial charge in [-0.1, -0.05) is 60.0 Å². The molecule has 9 rings (SSSR count). The molecule has 8 heteroatoms. The van der Waals surface area contributed by atoms with E-state index in [9.17, 15) is 0 Å². The van der Waals surface area contributed by atoms with Crippen LogP contribution in [-0.2, 0) is 23.6 Å². The van der Waals surface area contributed by atoms with Crippen molar-refractivity contribution in [3.63, 3.8) is 0 Å². The summed E-state index contributed by atoms with van der Waals surface area (Å²) in [5, 5.41) is 5.82. The summed E-state index contributed by atoms with van der Waals surface area (Å²) < 4.78 is 26.0. The third kappa shape index (κ3) is 2.44. The Labute approximate surface area is 228 Å². The molecule has 0 saturated heterocycles. The Bertz CT molecular complexity index is 2000. The van der Waals surface area contributed by atoms with E-state index in [-0.39, 0.29) is 0 Å². The van der Waals surface area contributed by atoms with Gasteiger partial charge in [0.15, 0.2) is 0 Å². The van der Waals surface area contributed by atoms with E-state index in [1.165, 1.54) is 0 Å². The van der Waals surface area contributed by atoms with Crippen molar-refractivity contribution in [2.75, 3.05) is 0 Å². The van der Waals surface area contributed by atoms with E-state index >= 15 is 0 Å². The van der Waals surface area contributed by atoms with Gasteiger partial charge in [0.1, 0.15) is 46.0 Å². The van der Waals surface area contributed by atoms with Crippen LogP contribution in [0.25, 0.3) is 0 Å². The second-order valence-corrected chi connectivity index (χ2v) is 18.0. The Hall–Kier alpha value is -3.40. The average Bonchev–Trinajstić information content (AvgIpc) is 2.93. The zero-order valence-corrected chi connectivity index (χ0v) is 23.0. The van der Waals surface area contributed by atoms with Gasteiger partial charge in [-0.05, 0) is 60.7 Å². The maximum atomic E-state index is 6.82. The highest BCUT2D eigenvalue weighted by Crippen LogP contribution is 2.64. The Morgan fingerprint density at radius 1 is 0.368 bits per heavy atom. The minimum absolute atomic E-state index is 0.719. The molecule has 2 atom stereocenters. The van der Waals surface area contributed by atoms with E-state index in [0.717, 1.165) is 77.8 Å². The Kier molecular flexibility index (Phi) is 4.06. The number of hydrogen-bond acceptors (Lipinski definition) is 6. The minimum atomic E-state index is -2.63. The van der Waals surface area contributed by atoms with Crippen LogP contribution in [0.5, 0.6) is 46.0 Å². The largest absolute Gasteiger partial charge is 0.456 e. The first-order valence-electron chi connectivity index (χ1n) is 12.1. The number of para-hydroxylation sites is 2. The van der Waals surface area contributed by atoms with Crippen molar-refractivity contribution in [2.45, 2.75) is 0 Å². The fourth-order valence-corrected chi connectivity index (χ4v) is 15.3. The second-order valence-electron chi connectivity index (χ2n) is 9.53. The van der Waals surface area contributed by atoms with Crippen LogP contribution < -0.4 is 50.8 Å². The molecule has 4 aliphatic heterocycles. The maximum absolute atomic E-state index is 6.82. The van der Waals surface area contributed by atoms with Crippen molar-refractivity contribution in [1.82, 2.24) is 0 Å². The molecule has 0 aromatic heterocycles. The van der Waals surface area contributed by atoms with Crippen molar-refractivity contribution in [2.24, 2.45) is 0 Å². The lowest BCUT2D eigenvalue weighted by molar-refractivity contribution is 0.455. The molecule has 0 fully saturated rings. The number of rotatable bonds is 0. The maximum Gasteiger partial charge on any atom is 0.149 e. The molecule has 4 heterocycles. The predicted octanol–water partition coefficient (Wildman–Crippen LogP) is 5.62. The van der Waals surface area contributed by atoms with E-state index < -0.39 is 12.1 Å². The van der Waals surface area contributed by atoms with Crippen LogP contribution in [0.15, 0.2) is 97.1 Å². The Morgan fingerprint density at radius 2 is 0.816 bits per heavy atom. The lowest BCUT2D eigenvalue weighted by Crippen LogP contribution is -2.40. The number of fused-ring (bicyclic) bond motifs is 9. The molecular formula is C30H16O4P2S2. The molecule has 4 nitrogen and oxygen atoms in total. The topological polar surface area (TPSA) is 36.9 Å². The molecule has 0 spiro atoms. The lowest BCUT2D eigenvalue weighted by atomic mass is 10.2. The standard InChI is InChI=1S/C30H16O4P2S2/c37-35-24-13-3-1-7-17(24)31-19-9-6-12-22(28(19)35)34-27-26(35)16-15-23-30(27)36(38)25-14-4-2-8-18(25)32-20-10-5-11-21(33-23)29(20)36/h1-16H. The fraction of sp³-hybridized carbons (Fsp3) is 0. The van der Waals surface area contributed by atoms with Gasteiger partial charge in [-0.25, -0.2) is 0 Å². The average molecular weight is 567 g/mol. The monoisotopic (exact) mass is 566 g/mol.